The largest absolute Gasteiger partial charge is 0.496 e. The van der Waals surface area contributed by atoms with Gasteiger partial charge in [-0.3, -0.25) is 0 Å². The lowest BCUT2D eigenvalue weighted by atomic mass is 9.91. The average Bonchev–Trinajstić information content (AvgIpc) is 2.76. The van der Waals surface area contributed by atoms with Crippen LogP contribution in [0.3, 0.4) is 0 Å². The van der Waals surface area contributed by atoms with Crippen molar-refractivity contribution >= 4 is 21.5 Å². The summed E-state index contributed by atoms with van der Waals surface area (Å²) in [7, 11) is 3.30. The molecule has 0 fully saturated rings. The van der Waals surface area contributed by atoms with E-state index in [4.69, 9.17) is 9.47 Å². The fraction of sp³-hybridized carbons (Fsp3) is 0.167. The second kappa shape index (κ2) is 7.50. The highest BCUT2D eigenvalue weighted by Crippen LogP contribution is 2.45. The molecule has 0 saturated carbocycles. The first-order valence-electron chi connectivity index (χ1n) is 9.11. The van der Waals surface area contributed by atoms with Crippen molar-refractivity contribution in [2.75, 3.05) is 14.2 Å². The minimum Gasteiger partial charge on any atom is -0.496 e. The van der Waals surface area contributed by atoms with Gasteiger partial charge in [-0.05, 0) is 56.9 Å². The summed E-state index contributed by atoms with van der Waals surface area (Å²) >= 11 is 0. The van der Waals surface area contributed by atoms with Gasteiger partial charge in [0.05, 0.1) is 27.4 Å². The number of benzene rings is 4. The maximum absolute atomic E-state index is 9.64. The van der Waals surface area contributed by atoms with Gasteiger partial charge in [0.1, 0.15) is 11.5 Å². The van der Waals surface area contributed by atoms with Crippen LogP contribution in [0, 0.1) is 0 Å². The Balaban J connectivity index is 2.19. The van der Waals surface area contributed by atoms with Crippen molar-refractivity contribution in [3.05, 3.63) is 71.8 Å². The van der Waals surface area contributed by atoms with Crippen LogP contribution in [0.4, 0.5) is 0 Å². The van der Waals surface area contributed by atoms with Crippen LogP contribution in [0.5, 0.6) is 11.5 Å². The number of fused-ring (bicyclic) bond motifs is 2. The van der Waals surface area contributed by atoms with Crippen LogP contribution in [0.1, 0.15) is 11.1 Å². The van der Waals surface area contributed by atoms with E-state index in [2.05, 4.69) is 0 Å². The van der Waals surface area contributed by atoms with E-state index in [9.17, 15) is 10.2 Å². The molecule has 4 aromatic rings. The average molecular weight is 374 g/mol. The zero-order valence-corrected chi connectivity index (χ0v) is 15.9. The molecule has 142 valence electrons. The van der Waals surface area contributed by atoms with Gasteiger partial charge in [-0.15, -0.1) is 0 Å². The van der Waals surface area contributed by atoms with Crippen molar-refractivity contribution in [1.82, 2.24) is 0 Å². The van der Waals surface area contributed by atoms with Crippen molar-refractivity contribution in [3.8, 4) is 22.6 Å². The van der Waals surface area contributed by atoms with Crippen LogP contribution in [-0.2, 0) is 13.2 Å². The number of aliphatic hydroxyl groups excluding tert-OH is 2. The maximum Gasteiger partial charge on any atom is 0.127 e. The summed E-state index contributed by atoms with van der Waals surface area (Å²) in [6, 6.07) is 19.7. The van der Waals surface area contributed by atoms with Gasteiger partial charge < -0.3 is 19.7 Å². The molecule has 28 heavy (non-hydrogen) atoms. The Bertz CT molecular complexity index is 1060. The van der Waals surface area contributed by atoms with E-state index in [-0.39, 0.29) is 13.2 Å². The quantitative estimate of drug-likeness (QED) is 0.533. The van der Waals surface area contributed by atoms with Crippen LogP contribution in [0.2, 0.25) is 0 Å². The highest BCUT2D eigenvalue weighted by Gasteiger charge is 2.19. The summed E-state index contributed by atoms with van der Waals surface area (Å²) in [5.74, 6) is 1.45. The van der Waals surface area contributed by atoms with Crippen LogP contribution in [-0.4, -0.2) is 24.4 Å². The van der Waals surface area contributed by atoms with E-state index < -0.39 is 0 Å². The van der Waals surface area contributed by atoms with Gasteiger partial charge in [0.15, 0.2) is 0 Å². The fourth-order valence-corrected chi connectivity index (χ4v) is 3.75. The molecule has 0 atom stereocenters. The number of hydrogen-bond donors (Lipinski definition) is 2. The Kier molecular flexibility index (Phi) is 4.90. The predicted octanol–water partition coefficient (Wildman–Crippen LogP) is 4.66. The second-order valence-electron chi connectivity index (χ2n) is 6.71. The third-order valence-electron chi connectivity index (χ3n) is 5.15. The van der Waals surface area contributed by atoms with E-state index in [0.29, 0.717) is 0 Å². The van der Waals surface area contributed by atoms with Gasteiger partial charge in [-0.25, -0.2) is 0 Å². The molecule has 0 heterocycles. The van der Waals surface area contributed by atoms with Crippen molar-refractivity contribution in [2.24, 2.45) is 0 Å². The first kappa shape index (κ1) is 18.3. The van der Waals surface area contributed by atoms with Crippen LogP contribution < -0.4 is 9.47 Å². The van der Waals surface area contributed by atoms with Crippen LogP contribution in [0.15, 0.2) is 60.7 Å². The lowest BCUT2D eigenvalue weighted by Gasteiger charge is -2.18. The molecule has 4 aromatic carbocycles. The normalized spacial score (nSPS) is 11.1. The Labute approximate surface area is 163 Å². The summed E-state index contributed by atoms with van der Waals surface area (Å²) in [5, 5.41) is 23.3. The van der Waals surface area contributed by atoms with Gasteiger partial charge >= 0.3 is 0 Å². The van der Waals surface area contributed by atoms with Gasteiger partial charge in [-0.1, -0.05) is 36.4 Å². The Morgan fingerprint density at radius 3 is 1.36 bits per heavy atom. The number of hydrogen-bond acceptors (Lipinski definition) is 4. The summed E-state index contributed by atoms with van der Waals surface area (Å²) in [6.07, 6.45) is 0. The fourth-order valence-electron chi connectivity index (χ4n) is 3.75. The van der Waals surface area contributed by atoms with E-state index in [0.717, 1.165) is 55.3 Å². The molecule has 0 amide bonds. The number of methoxy groups -OCH3 is 2. The molecule has 0 saturated heterocycles. The Morgan fingerprint density at radius 2 is 1.00 bits per heavy atom. The van der Waals surface area contributed by atoms with Crippen LogP contribution in [0.25, 0.3) is 32.7 Å². The highest BCUT2D eigenvalue weighted by atomic mass is 16.5. The predicted molar refractivity (Wildman–Crippen MR) is 112 cm³/mol. The smallest absolute Gasteiger partial charge is 0.127 e. The standard InChI is InChI=1S/C24H22O4/c1-27-21-9-7-17-5-3-15(13-25)11-19(17)23(21)24-20-12-16(14-26)4-6-18(20)8-10-22(24)28-2/h3-12,25-26H,13-14H2,1-2H3. The minimum absolute atomic E-state index is 0.0338. The topological polar surface area (TPSA) is 58.9 Å². The second-order valence-corrected chi connectivity index (χ2v) is 6.71. The number of rotatable bonds is 5. The molecule has 0 aliphatic carbocycles. The summed E-state index contributed by atoms with van der Waals surface area (Å²) in [6.45, 7) is -0.0676. The van der Waals surface area contributed by atoms with Crippen molar-refractivity contribution < 1.29 is 19.7 Å². The van der Waals surface area contributed by atoms with Crippen molar-refractivity contribution in [3.63, 3.8) is 0 Å². The molecule has 4 heteroatoms. The first-order valence-corrected chi connectivity index (χ1v) is 9.11. The van der Waals surface area contributed by atoms with Gasteiger partial charge in [0, 0.05) is 11.1 Å². The molecular weight excluding hydrogens is 352 g/mol. The molecule has 4 rings (SSSR count). The van der Waals surface area contributed by atoms with E-state index in [1.807, 2.05) is 60.7 Å². The van der Waals surface area contributed by atoms with E-state index in [1.165, 1.54) is 0 Å². The molecule has 0 aliphatic heterocycles. The zero-order chi connectivity index (χ0) is 19.7. The van der Waals surface area contributed by atoms with Gasteiger partial charge in [-0.2, -0.15) is 0 Å². The number of aliphatic hydroxyl groups is 2. The summed E-state index contributed by atoms with van der Waals surface area (Å²) in [5.41, 5.74) is 3.48. The van der Waals surface area contributed by atoms with E-state index >= 15 is 0 Å². The monoisotopic (exact) mass is 374 g/mol. The van der Waals surface area contributed by atoms with Gasteiger partial charge in [0.25, 0.3) is 0 Å². The summed E-state index contributed by atoms with van der Waals surface area (Å²) < 4.78 is 11.4. The van der Waals surface area contributed by atoms with Crippen LogP contribution >= 0.6 is 0 Å². The molecule has 0 unspecified atom stereocenters. The zero-order valence-electron chi connectivity index (χ0n) is 15.9. The lowest BCUT2D eigenvalue weighted by molar-refractivity contribution is 0.282. The third kappa shape index (κ3) is 2.97. The molecule has 0 aliphatic rings. The van der Waals surface area contributed by atoms with Crippen molar-refractivity contribution in [2.45, 2.75) is 13.2 Å². The Hall–Kier alpha value is -3.08. The molecule has 0 bridgehead atoms. The number of ether oxygens (including phenoxy) is 2. The van der Waals surface area contributed by atoms with Gasteiger partial charge in [0.2, 0.25) is 0 Å². The minimum atomic E-state index is -0.0338. The maximum atomic E-state index is 9.64. The third-order valence-corrected chi connectivity index (χ3v) is 5.15. The molecular formula is C24H22O4. The SMILES string of the molecule is COc1ccc2ccc(CO)cc2c1-c1c(OC)ccc2ccc(CO)cc12. The van der Waals surface area contributed by atoms with E-state index in [1.54, 1.807) is 14.2 Å². The lowest BCUT2D eigenvalue weighted by Crippen LogP contribution is -1.96. The summed E-state index contributed by atoms with van der Waals surface area (Å²) in [4.78, 5) is 0. The first-order chi connectivity index (χ1) is 13.7. The molecule has 0 aromatic heterocycles. The molecule has 0 spiro atoms. The van der Waals surface area contributed by atoms with Crippen molar-refractivity contribution in [1.29, 1.82) is 0 Å². The molecule has 2 N–H and O–H groups in total. The Morgan fingerprint density at radius 1 is 0.607 bits per heavy atom. The highest BCUT2D eigenvalue weighted by molar-refractivity contribution is 6.10. The molecule has 0 radical (unpaired) electrons. The molecule has 4 nitrogen and oxygen atoms in total.